The van der Waals surface area contributed by atoms with Crippen LogP contribution in [0.5, 0.6) is 11.5 Å². The molecule has 0 atom stereocenters. The minimum absolute atomic E-state index is 0.205. The van der Waals surface area contributed by atoms with Crippen LogP contribution in [-0.4, -0.2) is 133 Å². The summed E-state index contributed by atoms with van der Waals surface area (Å²) in [6.45, 7) is 13.4. The number of anilines is 1. The first kappa shape index (κ1) is 64.5. The summed E-state index contributed by atoms with van der Waals surface area (Å²) in [4.78, 5) is 42.5. The van der Waals surface area contributed by atoms with E-state index in [1.165, 1.54) is 27.1 Å². The number of halogens is 3. The van der Waals surface area contributed by atoms with E-state index in [1.807, 2.05) is 60.7 Å². The molecule has 1 aliphatic heterocycles. The number of nitrogens with one attached hydrogen (secondary N) is 2. The third-order valence-corrected chi connectivity index (χ3v) is 19.1. The van der Waals surface area contributed by atoms with E-state index in [1.54, 1.807) is 6.92 Å². The first-order chi connectivity index (χ1) is 41.4. The molecule has 0 unspecified atom stereocenters. The number of benzene rings is 7. The molecule has 0 saturated carbocycles. The predicted molar refractivity (Wildman–Crippen MR) is 341 cm³/mol. The highest BCUT2D eigenvalue weighted by molar-refractivity contribution is 6.98. The topological polar surface area (TPSA) is 170 Å². The zero-order valence-corrected chi connectivity index (χ0v) is 51.4. The monoisotopic (exact) mass is 1190 g/mol. The Kier molecular flexibility index (Phi) is 20.7. The molecule has 7 aromatic rings. The Morgan fingerprint density at radius 2 is 1.22 bits per heavy atom. The van der Waals surface area contributed by atoms with E-state index >= 15 is 0 Å². The van der Waals surface area contributed by atoms with Crippen molar-refractivity contribution in [3.05, 3.63) is 207 Å². The molecule has 87 heavy (non-hydrogen) atoms. The molecule has 2 radical (unpaired) electrons. The van der Waals surface area contributed by atoms with E-state index in [-0.39, 0.29) is 11.8 Å². The predicted octanol–water partition coefficient (Wildman–Crippen LogP) is 8.39. The molecule has 448 valence electrons. The van der Waals surface area contributed by atoms with Crippen LogP contribution in [0.1, 0.15) is 57.1 Å². The number of alkyl halides is 3. The molecule has 20 heteroatoms. The fourth-order valence-corrected chi connectivity index (χ4v) is 14.3. The van der Waals surface area contributed by atoms with Crippen LogP contribution >= 0.6 is 0 Å². The molecule has 0 saturated heterocycles. The van der Waals surface area contributed by atoms with Gasteiger partial charge in [0.25, 0.3) is 5.91 Å². The average molecular weight is 1200 g/mol. The number of fused-ring (bicyclic) bond motifs is 4. The molecule has 0 aromatic heterocycles. The van der Waals surface area contributed by atoms with Crippen LogP contribution in [0.15, 0.2) is 169 Å². The number of para-hydroxylation sites is 2. The highest BCUT2D eigenvalue weighted by atomic mass is 28.3. The molecule has 4 N–H and O–H groups in total. The maximum absolute atomic E-state index is 14.7. The van der Waals surface area contributed by atoms with E-state index < -0.39 is 20.2 Å². The highest BCUT2D eigenvalue weighted by Gasteiger charge is 2.41. The number of carbonyl (C=O) groups is 3. The van der Waals surface area contributed by atoms with Crippen LogP contribution in [0.25, 0.3) is 38.2 Å². The van der Waals surface area contributed by atoms with Gasteiger partial charge in [-0.2, -0.15) is 13.2 Å². The Morgan fingerprint density at radius 1 is 0.678 bits per heavy atom. The lowest BCUT2D eigenvalue weighted by molar-refractivity contribution is -0.462. The van der Waals surface area contributed by atoms with Gasteiger partial charge in [-0.3, -0.25) is 19.4 Å². The van der Waals surface area contributed by atoms with Crippen molar-refractivity contribution in [3.8, 4) is 22.6 Å². The van der Waals surface area contributed by atoms with Gasteiger partial charge in [0, 0.05) is 93.5 Å². The van der Waals surface area contributed by atoms with E-state index in [4.69, 9.17) is 19.2 Å². The van der Waals surface area contributed by atoms with Crippen LogP contribution in [-0.2, 0) is 35.8 Å². The number of allylic oxidation sites excluding steroid dienone is 5. The number of carbonyl (C=O) groups excluding carboxylic acids is 3. The Labute approximate surface area is 508 Å². The van der Waals surface area contributed by atoms with E-state index in [9.17, 15) is 32.8 Å². The van der Waals surface area contributed by atoms with Crippen LogP contribution < -0.4 is 35.1 Å². The molecular formula is C67H71B2F3N6O8Si. The maximum atomic E-state index is 14.7. The van der Waals surface area contributed by atoms with Gasteiger partial charge < -0.3 is 44.8 Å². The second kappa shape index (κ2) is 27.9. The standard InChI is InChI=1S/C65H70B2N6O6Si.C2HF3O2/c1-42(2)64(74)68-30-17-31-69-65(75)48-33-46(32-47(34-48)63-54-28-25-49(70(3)4)36-61(54)80(9,10)62-37-50(71(5)6)26-29-55(62)63)43-24-27-53-56(35-43)58(41-73(8)39-45-19-12-16-23-60(45)79-67-77)52-21-14-13-20-51(52)57(53)40-72(7)38-44-18-11-15-22-59(44)78-66-76;3-2(4,5)1(6)7/h11-16,18-29,32-37,76-77H,1,17,30-31,38-41H2,2-10H3,(H-,68,69,74,75);(H,6,7). The van der Waals surface area contributed by atoms with Crippen molar-refractivity contribution < 1.29 is 56.6 Å². The summed E-state index contributed by atoms with van der Waals surface area (Å²) in [6.07, 6.45) is 2.19. The van der Waals surface area contributed by atoms with Gasteiger partial charge >= 0.3 is 21.5 Å². The van der Waals surface area contributed by atoms with E-state index in [0.29, 0.717) is 68.3 Å². The minimum atomic E-state index is -5.19. The van der Waals surface area contributed by atoms with Crippen molar-refractivity contribution in [2.75, 3.05) is 60.3 Å². The van der Waals surface area contributed by atoms with Gasteiger partial charge in [0.05, 0.1) is 0 Å². The molecule has 14 nitrogen and oxygen atoms in total. The summed E-state index contributed by atoms with van der Waals surface area (Å²) in [7, 11) is 11.7. The molecule has 0 bridgehead atoms. The van der Waals surface area contributed by atoms with Crippen molar-refractivity contribution in [2.24, 2.45) is 0 Å². The van der Waals surface area contributed by atoms with Gasteiger partial charge in [0.2, 0.25) is 5.91 Å². The van der Waals surface area contributed by atoms with Gasteiger partial charge in [0.1, 0.15) is 39.6 Å². The lowest BCUT2D eigenvalue weighted by Gasteiger charge is -2.38. The number of carboxylic acid groups (broad SMARTS) is 1. The third kappa shape index (κ3) is 15.0. The summed E-state index contributed by atoms with van der Waals surface area (Å²) in [5.74, 6) is -2.25. The Hall–Kier alpha value is -8.52. The van der Waals surface area contributed by atoms with Crippen molar-refractivity contribution in [1.82, 2.24) is 20.4 Å². The number of amides is 2. The van der Waals surface area contributed by atoms with Gasteiger partial charge in [-0.1, -0.05) is 98.5 Å². The van der Waals surface area contributed by atoms with Gasteiger partial charge in [-0.15, -0.1) is 0 Å². The number of aliphatic carboxylic acids is 1. The first-order valence-corrected chi connectivity index (χ1v) is 31.3. The molecule has 2 aliphatic rings. The average Bonchev–Trinajstić information content (AvgIpc) is 0.790. The van der Waals surface area contributed by atoms with Crippen molar-refractivity contribution in [3.63, 3.8) is 0 Å². The van der Waals surface area contributed by atoms with Gasteiger partial charge in [-0.05, 0) is 159 Å². The smallest absolute Gasteiger partial charge is 0.542 e. The summed E-state index contributed by atoms with van der Waals surface area (Å²) in [6, 6.07) is 44.0. The summed E-state index contributed by atoms with van der Waals surface area (Å²) in [5, 5.41) is 41.2. The SMILES string of the molecule is C=C(C)C(=O)NCCCNC(=O)c1cc(C2=C3C=CC(=[N+](C)C)C=C3[Si](C)(C)c3cc(N(C)C)ccc32)cc(-c2ccc3c(CN(C)Cc4ccccc4O[B]O)c4ccccc4c(CN(C)Cc4ccccc4O[B]O)c3c2)c1.O=C([O-])C(F)(F)F. The summed E-state index contributed by atoms with van der Waals surface area (Å²) < 4.78 is 44.8. The number of carboxylic acids is 1. The molecule has 9 rings (SSSR count). The maximum Gasteiger partial charge on any atom is 0.569 e. The Morgan fingerprint density at radius 3 is 1.77 bits per heavy atom. The zero-order valence-electron chi connectivity index (χ0n) is 50.4. The second-order valence-corrected chi connectivity index (χ2v) is 27.1. The largest absolute Gasteiger partial charge is 0.569 e. The molecule has 7 aromatic carbocycles. The van der Waals surface area contributed by atoms with Crippen molar-refractivity contribution in [1.29, 1.82) is 0 Å². The summed E-state index contributed by atoms with van der Waals surface area (Å²) >= 11 is 0. The number of hydrogen-bond acceptors (Lipinski definition) is 11. The first-order valence-electron chi connectivity index (χ1n) is 28.3. The highest BCUT2D eigenvalue weighted by Crippen LogP contribution is 2.44. The van der Waals surface area contributed by atoms with Gasteiger partial charge in [-0.25, -0.2) is 4.58 Å². The van der Waals surface area contributed by atoms with Crippen LogP contribution in [0.2, 0.25) is 13.1 Å². The van der Waals surface area contributed by atoms with Crippen LogP contribution in [0, 0.1) is 0 Å². The second-order valence-electron chi connectivity index (χ2n) is 22.7. The fourth-order valence-electron chi connectivity index (χ4n) is 11.2. The molecular weight excluding hydrogens is 1120 g/mol. The molecule has 0 fully saturated rings. The van der Waals surface area contributed by atoms with E-state index in [2.05, 4.69) is 177 Å². The fraction of sp³-hybridized carbons (Fsp3) is 0.254. The zero-order chi connectivity index (χ0) is 62.9. The summed E-state index contributed by atoms with van der Waals surface area (Å²) in [5.41, 5.74) is 13.6. The lowest BCUT2D eigenvalue weighted by atomic mass is 9.86. The molecule has 0 spiro atoms. The minimum Gasteiger partial charge on any atom is -0.542 e. The Bertz CT molecular complexity index is 3920. The molecule has 1 aliphatic carbocycles. The van der Waals surface area contributed by atoms with Crippen molar-refractivity contribution >= 4 is 84.9 Å². The van der Waals surface area contributed by atoms with Crippen molar-refractivity contribution in [2.45, 2.75) is 58.8 Å². The molecule has 1 heterocycles. The number of hydrogen-bond donors (Lipinski definition) is 4. The number of rotatable bonds is 21. The lowest BCUT2D eigenvalue weighted by Crippen LogP contribution is -2.49. The van der Waals surface area contributed by atoms with E-state index in [0.717, 1.165) is 87.3 Å². The van der Waals surface area contributed by atoms with Crippen LogP contribution in [0.4, 0.5) is 18.9 Å². The number of nitrogens with zero attached hydrogens (tertiary/aromatic N) is 4. The van der Waals surface area contributed by atoms with Gasteiger partial charge in [0.15, 0.2) is 5.71 Å². The molecule has 2 amide bonds. The normalized spacial score (nSPS) is 13.3. The van der Waals surface area contributed by atoms with Crippen LogP contribution in [0.3, 0.4) is 0 Å². The quantitative estimate of drug-likeness (QED) is 0.0179. The Balaban J connectivity index is 0.00000132. The third-order valence-electron chi connectivity index (χ3n) is 15.6.